The standard InChI is InChI=1S/C16H17FN2O2/c1-11-6-7-15(21-2)14(8-11)18-10-16(20)19-13-5-3-4-12(17)9-13/h3-9,18H,10H2,1-2H3,(H,19,20). The van der Waals surface area contributed by atoms with Crippen LogP contribution in [0.1, 0.15) is 5.56 Å². The fraction of sp³-hybridized carbons (Fsp3) is 0.188. The normalized spacial score (nSPS) is 10.0. The molecule has 0 saturated carbocycles. The van der Waals surface area contributed by atoms with Crippen LogP contribution in [0.4, 0.5) is 15.8 Å². The predicted octanol–water partition coefficient (Wildman–Crippen LogP) is 3.19. The summed E-state index contributed by atoms with van der Waals surface area (Å²) in [7, 11) is 1.57. The molecule has 0 fully saturated rings. The van der Waals surface area contributed by atoms with Crippen LogP contribution in [0.2, 0.25) is 0 Å². The molecule has 0 aliphatic carbocycles. The molecule has 21 heavy (non-hydrogen) atoms. The van der Waals surface area contributed by atoms with Gasteiger partial charge in [0.1, 0.15) is 11.6 Å². The Hall–Kier alpha value is -2.56. The number of nitrogens with one attached hydrogen (secondary N) is 2. The van der Waals surface area contributed by atoms with Crippen LogP contribution in [0.5, 0.6) is 5.75 Å². The quantitative estimate of drug-likeness (QED) is 0.888. The smallest absolute Gasteiger partial charge is 0.243 e. The van der Waals surface area contributed by atoms with E-state index in [9.17, 15) is 9.18 Å². The van der Waals surface area contributed by atoms with Crippen molar-refractivity contribution in [3.63, 3.8) is 0 Å². The molecule has 0 bridgehead atoms. The molecule has 0 aliphatic heterocycles. The van der Waals surface area contributed by atoms with E-state index in [-0.39, 0.29) is 18.3 Å². The highest BCUT2D eigenvalue weighted by Gasteiger charge is 2.06. The van der Waals surface area contributed by atoms with E-state index in [1.54, 1.807) is 19.2 Å². The van der Waals surface area contributed by atoms with Crippen molar-refractivity contribution in [1.82, 2.24) is 0 Å². The number of aryl methyl sites for hydroxylation is 1. The van der Waals surface area contributed by atoms with Gasteiger partial charge in [0.25, 0.3) is 0 Å². The van der Waals surface area contributed by atoms with Gasteiger partial charge in [-0.05, 0) is 42.8 Å². The van der Waals surface area contributed by atoms with Gasteiger partial charge in [-0.1, -0.05) is 12.1 Å². The molecule has 2 N–H and O–H groups in total. The Kier molecular flexibility index (Phi) is 4.77. The minimum Gasteiger partial charge on any atom is -0.495 e. The molecule has 5 heteroatoms. The largest absolute Gasteiger partial charge is 0.495 e. The Morgan fingerprint density at radius 3 is 2.76 bits per heavy atom. The van der Waals surface area contributed by atoms with Crippen LogP contribution in [0.25, 0.3) is 0 Å². The fourth-order valence-electron chi connectivity index (χ4n) is 1.91. The Morgan fingerprint density at radius 2 is 2.05 bits per heavy atom. The number of amides is 1. The summed E-state index contributed by atoms with van der Waals surface area (Å²) >= 11 is 0. The summed E-state index contributed by atoms with van der Waals surface area (Å²) in [6.45, 7) is 2.02. The van der Waals surface area contributed by atoms with Gasteiger partial charge < -0.3 is 15.4 Å². The summed E-state index contributed by atoms with van der Waals surface area (Å²) in [5, 5.41) is 5.63. The number of hydrogen-bond acceptors (Lipinski definition) is 3. The van der Waals surface area contributed by atoms with Crippen molar-refractivity contribution in [1.29, 1.82) is 0 Å². The molecule has 0 spiro atoms. The maximum absolute atomic E-state index is 13.0. The van der Waals surface area contributed by atoms with Gasteiger partial charge in [-0.25, -0.2) is 4.39 Å². The monoisotopic (exact) mass is 288 g/mol. The molecule has 0 saturated heterocycles. The first-order chi connectivity index (χ1) is 10.1. The summed E-state index contributed by atoms with van der Waals surface area (Å²) in [6, 6.07) is 11.4. The summed E-state index contributed by atoms with van der Waals surface area (Å²) < 4.78 is 18.3. The Balaban J connectivity index is 1.96. The van der Waals surface area contributed by atoms with Crippen molar-refractivity contribution >= 4 is 17.3 Å². The molecule has 1 amide bonds. The third-order valence-corrected chi connectivity index (χ3v) is 2.90. The molecule has 0 heterocycles. The van der Waals surface area contributed by atoms with Gasteiger partial charge in [-0.3, -0.25) is 4.79 Å². The molecule has 0 aromatic heterocycles. The highest BCUT2D eigenvalue weighted by Crippen LogP contribution is 2.24. The maximum Gasteiger partial charge on any atom is 0.243 e. The molecule has 0 radical (unpaired) electrons. The average molecular weight is 288 g/mol. The van der Waals surface area contributed by atoms with Crippen LogP contribution < -0.4 is 15.4 Å². The Labute approximate surface area is 122 Å². The first kappa shape index (κ1) is 14.8. The van der Waals surface area contributed by atoms with Gasteiger partial charge in [0, 0.05) is 5.69 Å². The van der Waals surface area contributed by atoms with E-state index >= 15 is 0 Å². The number of carbonyl (C=O) groups excluding carboxylic acids is 1. The van der Waals surface area contributed by atoms with Crippen LogP contribution in [-0.2, 0) is 4.79 Å². The van der Waals surface area contributed by atoms with Gasteiger partial charge in [-0.15, -0.1) is 0 Å². The zero-order valence-electron chi connectivity index (χ0n) is 11.9. The second kappa shape index (κ2) is 6.74. The Morgan fingerprint density at radius 1 is 1.24 bits per heavy atom. The highest BCUT2D eigenvalue weighted by atomic mass is 19.1. The van der Waals surface area contributed by atoms with Crippen molar-refractivity contribution in [2.45, 2.75) is 6.92 Å². The molecular formula is C16H17FN2O2. The molecule has 2 rings (SSSR count). The van der Waals surface area contributed by atoms with E-state index in [0.717, 1.165) is 11.3 Å². The van der Waals surface area contributed by atoms with Crippen LogP contribution in [0, 0.1) is 12.7 Å². The van der Waals surface area contributed by atoms with Gasteiger partial charge in [-0.2, -0.15) is 0 Å². The molecule has 2 aromatic carbocycles. The molecule has 0 atom stereocenters. The van der Waals surface area contributed by atoms with Crippen molar-refractivity contribution in [2.24, 2.45) is 0 Å². The van der Waals surface area contributed by atoms with E-state index < -0.39 is 0 Å². The highest BCUT2D eigenvalue weighted by molar-refractivity contribution is 5.93. The number of benzene rings is 2. The SMILES string of the molecule is COc1ccc(C)cc1NCC(=O)Nc1cccc(F)c1. The molecule has 2 aromatic rings. The number of halogens is 1. The van der Waals surface area contributed by atoms with E-state index in [1.807, 2.05) is 25.1 Å². The second-order valence-electron chi connectivity index (χ2n) is 4.62. The zero-order chi connectivity index (χ0) is 15.2. The van der Waals surface area contributed by atoms with Gasteiger partial charge in [0.15, 0.2) is 0 Å². The number of carbonyl (C=O) groups is 1. The molecule has 0 unspecified atom stereocenters. The number of rotatable bonds is 5. The molecule has 110 valence electrons. The molecule has 0 aliphatic rings. The van der Waals surface area contributed by atoms with Crippen molar-refractivity contribution in [3.8, 4) is 5.75 Å². The maximum atomic E-state index is 13.0. The lowest BCUT2D eigenvalue weighted by Gasteiger charge is -2.12. The van der Waals surface area contributed by atoms with E-state index in [1.165, 1.54) is 12.1 Å². The average Bonchev–Trinajstić information content (AvgIpc) is 2.45. The van der Waals surface area contributed by atoms with E-state index in [4.69, 9.17) is 4.74 Å². The third kappa shape index (κ3) is 4.21. The lowest BCUT2D eigenvalue weighted by atomic mass is 10.2. The van der Waals surface area contributed by atoms with Gasteiger partial charge in [0.2, 0.25) is 5.91 Å². The van der Waals surface area contributed by atoms with E-state index in [0.29, 0.717) is 11.4 Å². The van der Waals surface area contributed by atoms with Crippen LogP contribution in [0.15, 0.2) is 42.5 Å². The molecule has 4 nitrogen and oxygen atoms in total. The van der Waals surface area contributed by atoms with Crippen molar-refractivity contribution < 1.29 is 13.9 Å². The van der Waals surface area contributed by atoms with Crippen LogP contribution in [0.3, 0.4) is 0 Å². The lowest BCUT2D eigenvalue weighted by molar-refractivity contribution is -0.114. The summed E-state index contributed by atoms with van der Waals surface area (Å²) in [5.41, 5.74) is 2.23. The minimum atomic E-state index is -0.388. The first-order valence-electron chi connectivity index (χ1n) is 6.52. The number of hydrogen-bond donors (Lipinski definition) is 2. The van der Waals surface area contributed by atoms with Crippen molar-refractivity contribution in [2.75, 3.05) is 24.3 Å². The molecular weight excluding hydrogens is 271 g/mol. The van der Waals surface area contributed by atoms with Crippen LogP contribution in [-0.4, -0.2) is 19.6 Å². The summed E-state index contributed by atoms with van der Waals surface area (Å²) in [4.78, 5) is 11.8. The van der Waals surface area contributed by atoms with E-state index in [2.05, 4.69) is 10.6 Å². The number of ether oxygens (including phenoxy) is 1. The second-order valence-corrected chi connectivity index (χ2v) is 4.62. The number of methoxy groups -OCH3 is 1. The fourth-order valence-corrected chi connectivity index (χ4v) is 1.91. The lowest BCUT2D eigenvalue weighted by Crippen LogP contribution is -2.22. The van der Waals surface area contributed by atoms with Gasteiger partial charge in [0.05, 0.1) is 19.3 Å². The summed E-state index contributed by atoms with van der Waals surface area (Å²) in [6.07, 6.45) is 0. The van der Waals surface area contributed by atoms with Gasteiger partial charge >= 0.3 is 0 Å². The third-order valence-electron chi connectivity index (χ3n) is 2.90. The zero-order valence-corrected chi connectivity index (χ0v) is 11.9. The minimum absolute atomic E-state index is 0.0658. The number of anilines is 2. The van der Waals surface area contributed by atoms with Crippen molar-refractivity contribution in [3.05, 3.63) is 53.8 Å². The van der Waals surface area contributed by atoms with Crippen LogP contribution >= 0.6 is 0 Å². The first-order valence-corrected chi connectivity index (χ1v) is 6.52. The topological polar surface area (TPSA) is 50.4 Å². The Bertz CT molecular complexity index is 644. The predicted molar refractivity (Wildman–Crippen MR) is 81.3 cm³/mol. The summed E-state index contributed by atoms with van der Waals surface area (Å²) in [5.74, 6) is 0.0180.